The number of carbonyl (C=O) groups is 3. The molecule has 146 valence electrons. The molecule has 3 rings (SSSR count). The molecule has 0 radical (unpaired) electrons. The van der Waals surface area contributed by atoms with E-state index < -0.39 is 17.8 Å². The van der Waals surface area contributed by atoms with Gasteiger partial charge in [-0.1, -0.05) is 48.5 Å². The summed E-state index contributed by atoms with van der Waals surface area (Å²) >= 11 is 0. The third-order valence-electron chi connectivity index (χ3n) is 4.75. The van der Waals surface area contributed by atoms with Crippen LogP contribution in [0.3, 0.4) is 0 Å². The highest BCUT2D eigenvalue weighted by Crippen LogP contribution is 2.27. The number of esters is 1. The van der Waals surface area contributed by atoms with E-state index in [1.807, 2.05) is 62.4 Å². The van der Waals surface area contributed by atoms with Crippen LogP contribution < -0.4 is 5.32 Å². The number of amides is 2. The van der Waals surface area contributed by atoms with Crippen molar-refractivity contribution in [1.82, 2.24) is 4.90 Å². The van der Waals surface area contributed by atoms with E-state index in [4.69, 9.17) is 4.74 Å². The molecule has 1 heterocycles. The molecule has 1 aliphatic rings. The van der Waals surface area contributed by atoms with Crippen molar-refractivity contribution in [3.05, 3.63) is 54.6 Å². The van der Waals surface area contributed by atoms with Crippen molar-refractivity contribution in [2.24, 2.45) is 5.92 Å². The Labute approximate surface area is 164 Å². The van der Waals surface area contributed by atoms with Crippen molar-refractivity contribution in [2.75, 3.05) is 18.5 Å². The fourth-order valence-electron chi connectivity index (χ4n) is 3.29. The highest BCUT2D eigenvalue weighted by Gasteiger charge is 2.36. The molecule has 28 heavy (non-hydrogen) atoms. The second-order valence-corrected chi connectivity index (χ2v) is 7.11. The van der Waals surface area contributed by atoms with E-state index in [9.17, 15) is 14.4 Å². The van der Waals surface area contributed by atoms with Gasteiger partial charge in [0.2, 0.25) is 5.91 Å². The van der Waals surface area contributed by atoms with Gasteiger partial charge in [-0.25, -0.2) is 0 Å². The van der Waals surface area contributed by atoms with Crippen LogP contribution in [-0.4, -0.2) is 41.9 Å². The van der Waals surface area contributed by atoms with Gasteiger partial charge in [0.25, 0.3) is 5.91 Å². The first-order chi connectivity index (χ1) is 13.5. The molecule has 0 saturated carbocycles. The highest BCUT2D eigenvalue weighted by atomic mass is 16.5. The predicted octanol–water partition coefficient (Wildman–Crippen LogP) is 3.09. The van der Waals surface area contributed by atoms with Crippen LogP contribution in [0.2, 0.25) is 0 Å². The van der Waals surface area contributed by atoms with Crippen LogP contribution in [0, 0.1) is 5.92 Å². The van der Waals surface area contributed by atoms with E-state index in [-0.39, 0.29) is 25.0 Å². The molecule has 0 aromatic heterocycles. The normalized spacial score (nSPS) is 16.3. The summed E-state index contributed by atoms with van der Waals surface area (Å²) < 4.78 is 5.15. The summed E-state index contributed by atoms with van der Waals surface area (Å²) in [6.07, 6.45) is 0.134. The first kappa shape index (κ1) is 19.6. The zero-order chi connectivity index (χ0) is 20.1. The third kappa shape index (κ3) is 4.57. The molecule has 1 aliphatic heterocycles. The Morgan fingerprint density at radius 2 is 1.79 bits per heavy atom. The van der Waals surface area contributed by atoms with Crippen LogP contribution >= 0.6 is 0 Å². The maximum Gasteiger partial charge on any atom is 0.311 e. The smallest absolute Gasteiger partial charge is 0.311 e. The SMILES string of the molecule is CC(C)N1CC(C(=O)OCC(=O)Nc2ccccc2-c2ccccc2)CC1=O. The zero-order valence-corrected chi connectivity index (χ0v) is 16.1. The van der Waals surface area contributed by atoms with E-state index >= 15 is 0 Å². The molecule has 1 atom stereocenters. The Hall–Kier alpha value is -3.15. The standard InChI is InChI=1S/C22H24N2O4/c1-15(2)24-13-17(12-21(24)26)22(27)28-14-20(25)23-19-11-7-6-10-18(19)16-8-4-3-5-9-16/h3-11,15,17H,12-14H2,1-2H3,(H,23,25). The fraction of sp³-hybridized carbons (Fsp3) is 0.318. The molecule has 0 aliphatic carbocycles. The molecule has 1 saturated heterocycles. The average molecular weight is 380 g/mol. The second-order valence-electron chi connectivity index (χ2n) is 7.11. The number of nitrogens with zero attached hydrogens (tertiary/aromatic N) is 1. The van der Waals surface area contributed by atoms with E-state index in [0.29, 0.717) is 12.2 Å². The van der Waals surface area contributed by atoms with E-state index in [2.05, 4.69) is 5.32 Å². The van der Waals surface area contributed by atoms with Crippen molar-refractivity contribution in [1.29, 1.82) is 0 Å². The van der Waals surface area contributed by atoms with E-state index in [1.54, 1.807) is 11.0 Å². The Morgan fingerprint density at radius 3 is 2.46 bits per heavy atom. The lowest BCUT2D eigenvalue weighted by Gasteiger charge is -2.20. The largest absolute Gasteiger partial charge is 0.455 e. The lowest BCUT2D eigenvalue weighted by Crippen LogP contribution is -2.33. The van der Waals surface area contributed by atoms with Crippen molar-refractivity contribution < 1.29 is 19.1 Å². The number of nitrogens with one attached hydrogen (secondary N) is 1. The molecular formula is C22H24N2O4. The lowest BCUT2D eigenvalue weighted by atomic mass is 10.0. The summed E-state index contributed by atoms with van der Waals surface area (Å²) in [5.41, 5.74) is 2.52. The van der Waals surface area contributed by atoms with Gasteiger partial charge in [-0.2, -0.15) is 0 Å². The number of para-hydroxylation sites is 1. The molecule has 1 N–H and O–H groups in total. The average Bonchev–Trinajstić information content (AvgIpc) is 3.09. The van der Waals surface area contributed by atoms with Crippen LogP contribution in [0.5, 0.6) is 0 Å². The number of hydrogen-bond acceptors (Lipinski definition) is 4. The number of rotatable bonds is 6. The molecular weight excluding hydrogens is 356 g/mol. The zero-order valence-electron chi connectivity index (χ0n) is 16.1. The molecule has 2 aromatic rings. The second kappa shape index (κ2) is 8.69. The molecule has 0 spiro atoms. The molecule has 6 heteroatoms. The number of likely N-dealkylation sites (tertiary alicyclic amines) is 1. The monoisotopic (exact) mass is 380 g/mol. The summed E-state index contributed by atoms with van der Waals surface area (Å²) in [6.45, 7) is 3.77. The van der Waals surface area contributed by atoms with Crippen LogP contribution in [-0.2, 0) is 19.1 Å². The number of carbonyl (C=O) groups excluding carboxylic acids is 3. The van der Waals surface area contributed by atoms with Gasteiger partial charge in [0.1, 0.15) is 0 Å². The lowest BCUT2D eigenvalue weighted by molar-refractivity contribution is -0.151. The predicted molar refractivity (Wildman–Crippen MR) is 106 cm³/mol. The van der Waals surface area contributed by atoms with Crippen LogP contribution in [0.25, 0.3) is 11.1 Å². The van der Waals surface area contributed by atoms with Crippen molar-refractivity contribution >= 4 is 23.5 Å². The number of benzene rings is 2. The molecule has 1 unspecified atom stereocenters. The minimum absolute atomic E-state index is 0.0445. The molecule has 6 nitrogen and oxygen atoms in total. The van der Waals surface area contributed by atoms with Gasteiger partial charge in [0.05, 0.1) is 5.92 Å². The van der Waals surface area contributed by atoms with Crippen LogP contribution in [0.1, 0.15) is 20.3 Å². The number of hydrogen-bond donors (Lipinski definition) is 1. The van der Waals surface area contributed by atoms with Gasteiger partial charge in [-0.05, 0) is 25.5 Å². The van der Waals surface area contributed by atoms with Crippen molar-refractivity contribution in [3.8, 4) is 11.1 Å². The Kier molecular flexibility index (Phi) is 6.09. The molecule has 0 bridgehead atoms. The summed E-state index contributed by atoms with van der Waals surface area (Å²) in [7, 11) is 0. The third-order valence-corrected chi connectivity index (χ3v) is 4.75. The van der Waals surface area contributed by atoms with Crippen LogP contribution in [0.4, 0.5) is 5.69 Å². The Morgan fingerprint density at radius 1 is 1.11 bits per heavy atom. The minimum Gasteiger partial charge on any atom is -0.455 e. The molecule has 1 fully saturated rings. The van der Waals surface area contributed by atoms with Gasteiger partial charge in [-0.15, -0.1) is 0 Å². The van der Waals surface area contributed by atoms with Gasteiger partial charge in [0, 0.05) is 30.3 Å². The molecule has 2 aromatic carbocycles. The molecule has 2 amide bonds. The number of anilines is 1. The topological polar surface area (TPSA) is 75.7 Å². The fourth-order valence-corrected chi connectivity index (χ4v) is 3.29. The van der Waals surface area contributed by atoms with E-state index in [1.165, 1.54) is 0 Å². The Balaban J connectivity index is 1.57. The quantitative estimate of drug-likeness (QED) is 0.782. The van der Waals surface area contributed by atoms with Crippen molar-refractivity contribution in [3.63, 3.8) is 0 Å². The van der Waals surface area contributed by atoms with Crippen molar-refractivity contribution in [2.45, 2.75) is 26.3 Å². The summed E-state index contributed by atoms with van der Waals surface area (Å²) in [6, 6.07) is 17.2. The maximum absolute atomic E-state index is 12.3. The first-order valence-corrected chi connectivity index (χ1v) is 9.36. The minimum atomic E-state index is -0.515. The highest BCUT2D eigenvalue weighted by molar-refractivity contribution is 5.97. The van der Waals surface area contributed by atoms with Gasteiger partial charge < -0.3 is 15.0 Å². The maximum atomic E-state index is 12.3. The van der Waals surface area contributed by atoms with E-state index in [0.717, 1.165) is 11.1 Å². The van der Waals surface area contributed by atoms with Gasteiger partial charge >= 0.3 is 5.97 Å². The summed E-state index contributed by atoms with van der Waals surface area (Å²) in [5.74, 6) is -1.50. The summed E-state index contributed by atoms with van der Waals surface area (Å²) in [4.78, 5) is 38.1. The van der Waals surface area contributed by atoms with Gasteiger partial charge in [0.15, 0.2) is 6.61 Å². The Bertz CT molecular complexity index is 864. The summed E-state index contributed by atoms with van der Waals surface area (Å²) in [5, 5.41) is 2.80. The first-order valence-electron chi connectivity index (χ1n) is 9.36. The van der Waals surface area contributed by atoms with Crippen LogP contribution in [0.15, 0.2) is 54.6 Å². The number of ether oxygens (including phenoxy) is 1. The van der Waals surface area contributed by atoms with Gasteiger partial charge in [-0.3, -0.25) is 14.4 Å².